The van der Waals surface area contributed by atoms with Crippen LogP contribution < -0.4 is 0 Å². The van der Waals surface area contributed by atoms with Crippen LogP contribution in [-0.2, 0) is 23.3 Å². The highest BCUT2D eigenvalue weighted by molar-refractivity contribution is 7.99. The Morgan fingerprint density at radius 3 is 2.90 bits per heavy atom. The number of benzene rings is 1. The minimum atomic E-state index is 0.0375. The molecule has 31 heavy (non-hydrogen) atoms. The van der Waals surface area contributed by atoms with E-state index in [0.717, 1.165) is 59.5 Å². The molecule has 4 aromatic rings. The first kappa shape index (κ1) is 19.7. The highest BCUT2D eigenvalue weighted by Gasteiger charge is 2.25. The van der Waals surface area contributed by atoms with Gasteiger partial charge in [-0.25, -0.2) is 15.0 Å². The third-order valence-electron chi connectivity index (χ3n) is 5.59. The molecule has 3 aromatic heterocycles. The Bertz CT molecular complexity index is 1220. The first-order valence-corrected chi connectivity index (χ1v) is 13.2. The lowest BCUT2D eigenvalue weighted by atomic mass is 10.2. The van der Waals surface area contributed by atoms with Crippen LogP contribution in [0, 0.1) is 0 Å². The van der Waals surface area contributed by atoms with Crippen molar-refractivity contribution in [2.45, 2.75) is 59.0 Å². The molecule has 1 N–H and O–H groups in total. The van der Waals surface area contributed by atoms with Crippen LogP contribution >= 0.6 is 34.9 Å². The van der Waals surface area contributed by atoms with Crippen molar-refractivity contribution in [3.8, 4) is 0 Å². The first-order valence-electron chi connectivity index (χ1n) is 10.5. The van der Waals surface area contributed by atoms with Gasteiger partial charge in [-0.2, -0.15) is 0 Å². The molecular formula is C22H21N5OS3. The lowest BCUT2D eigenvalue weighted by molar-refractivity contribution is 0.105. The highest BCUT2D eigenvalue weighted by Crippen LogP contribution is 2.42. The quantitative estimate of drug-likeness (QED) is 0.292. The Kier molecular flexibility index (Phi) is 5.43. The van der Waals surface area contributed by atoms with Gasteiger partial charge in [0.2, 0.25) is 5.16 Å². The number of aromatic amines is 1. The molecule has 0 amide bonds. The third kappa shape index (κ3) is 4.00. The molecule has 6 nitrogen and oxygen atoms in total. The number of ether oxygens (including phenoxy) is 1. The number of hydrogen-bond donors (Lipinski definition) is 1. The molecule has 6 rings (SSSR count). The monoisotopic (exact) mass is 467 g/mol. The smallest absolute Gasteiger partial charge is 0.214 e. The molecule has 1 fully saturated rings. The van der Waals surface area contributed by atoms with Crippen molar-refractivity contribution in [3.05, 3.63) is 52.4 Å². The summed E-state index contributed by atoms with van der Waals surface area (Å²) >= 11 is 5.14. The lowest BCUT2D eigenvalue weighted by Crippen LogP contribution is -1.98. The van der Waals surface area contributed by atoms with E-state index < -0.39 is 0 Å². The Morgan fingerprint density at radius 2 is 2.03 bits per heavy atom. The molecule has 0 bridgehead atoms. The third-order valence-corrected chi connectivity index (χ3v) is 8.64. The van der Waals surface area contributed by atoms with Crippen molar-refractivity contribution in [3.63, 3.8) is 0 Å². The molecule has 4 heterocycles. The fraction of sp³-hybridized carbons (Fsp3) is 0.364. The van der Waals surface area contributed by atoms with Crippen molar-refractivity contribution >= 4 is 45.1 Å². The predicted molar refractivity (Wildman–Crippen MR) is 124 cm³/mol. The van der Waals surface area contributed by atoms with Gasteiger partial charge in [-0.3, -0.25) is 5.10 Å². The van der Waals surface area contributed by atoms with Crippen LogP contribution in [0.1, 0.15) is 47.5 Å². The molecule has 158 valence electrons. The molecule has 1 aromatic carbocycles. The summed E-state index contributed by atoms with van der Waals surface area (Å²) < 4.78 is 5.74. The van der Waals surface area contributed by atoms with Gasteiger partial charge in [0.25, 0.3) is 0 Å². The lowest BCUT2D eigenvalue weighted by Gasteiger charge is -2.06. The van der Waals surface area contributed by atoms with Crippen LogP contribution in [-0.4, -0.2) is 31.8 Å². The highest BCUT2D eigenvalue weighted by atomic mass is 32.2. The summed E-state index contributed by atoms with van der Waals surface area (Å²) in [6, 6.07) is 10.4. The van der Waals surface area contributed by atoms with Gasteiger partial charge in [0, 0.05) is 21.8 Å². The number of aryl methyl sites for hydroxylation is 2. The number of fused-ring (bicyclic) bond motifs is 3. The molecule has 1 atom stereocenters. The van der Waals surface area contributed by atoms with E-state index >= 15 is 0 Å². The van der Waals surface area contributed by atoms with Gasteiger partial charge >= 0.3 is 0 Å². The summed E-state index contributed by atoms with van der Waals surface area (Å²) in [6.45, 7) is 0.795. The van der Waals surface area contributed by atoms with Gasteiger partial charge in [0.05, 0.1) is 5.75 Å². The van der Waals surface area contributed by atoms with E-state index in [9.17, 15) is 0 Å². The summed E-state index contributed by atoms with van der Waals surface area (Å²) in [7, 11) is 0. The van der Waals surface area contributed by atoms with Crippen LogP contribution in [0.3, 0.4) is 0 Å². The maximum Gasteiger partial charge on any atom is 0.214 e. The molecule has 0 saturated carbocycles. The molecule has 2 aliphatic rings. The van der Waals surface area contributed by atoms with Gasteiger partial charge in [0.1, 0.15) is 21.8 Å². The molecule has 1 unspecified atom stereocenters. The van der Waals surface area contributed by atoms with Gasteiger partial charge in [-0.1, -0.05) is 18.2 Å². The number of thioether (sulfide) groups is 1. The molecule has 1 saturated heterocycles. The zero-order chi connectivity index (χ0) is 20.6. The van der Waals surface area contributed by atoms with Gasteiger partial charge in [-0.15, -0.1) is 28.2 Å². The van der Waals surface area contributed by atoms with Crippen LogP contribution in [0.2, 0.25) is 0 Å². The van der Waals surface area contributed by atoms with Crippen molar-refractivity contribution in [2.75, 3.05) is 6.61 Å². The maximum atomic E-state index is 5.74. The van der Waals surface area contributed by atoms with E-state index in [2.05, 4.69) is 34.5 Å². The number of hydrogen-bond acceptors (Lipinski definition) is 8. The summed E-state index contributed by atoms with van der Waals surface area (Å²) in [5.74, 6) is 2.42. The van der Waals surface area contributed by atoms with Crippen LogP contribution in [0.5, 0.6) is 0 Å². The Balaban J connectivity index is 1.33. The molecular weight excluding hydrogens is 446 g/mol. The number of thiophene rings is 1. The van der Waals surface area contributed by atoms with Crippen LogP contribution in [0.4, 0.5) is 0 Å². The minimum Gasteiger partial charge on any atom is -0.370 e. The van der Waals surface area contributed by atoms with E-state index in [0.29, 0.717) is 5.16 Å². The zero-order valence-electron chi connectivity index (χ0n) is 16.8. The summed E-state index contributed by atoms with van der Waals surface area (Å²) in [4.78, 5) is 18.4. The summed E-state index contributed by atoms with van der Waals surface area (Å²) in [5.41, 5.74) is 1.43. The number of nitrogens with one attached hydrogen (secondary N) is 1. The average molecular weight is 468 g/mol. The van der Waals surface area contributed by atoms with Gasteiger partial charge in [-0.05, 0) is 61.6 Å². The topological polar surface area (TPSA) is 76.6 Å². The van der Waals surface area contributed by atoms with E-state index in [1.165, 1.54) is 27.1 Å². The van der Waals surface area contributed by atoms with E-state index in [-0.39, 0.29) is 6.10 Å². The van der Waals surface area contributed by atoms with E-state index in [1.54, 1.807) is 23.5 Å². The Morgan fingerprint density at radius 1 is 1.10 bits per heavy atom. The minimum absolute atomic E-state index is 0.0375. The largest absolute Gasteiger partial charge is 0.370 e. The number of nitrogens with zero attached hydrogens (tertiary/aromatic N) is 4. The molecule has 0 spiro atoms. The second-order valence-corrected chi connectivity index (χ2v) is 10.8. The number of aromatic nitrogens is 5. The molecule has 0 radical (unpaired) electrons. The fourth-order valence-corrected chi connectivity index (χ4v) is 7.14. The fourth-order valence-electron chi connectivity index (χ4n) is 4.14. The Labute approximate surface area is 192 Å². The van der Waals surface area contributed by atoms with Gasteiger partial charge < -0.3 is 4.74 Å². The Hall–Kier alpha value is -1.94. The molecule has 1 aliphatic carbocycles. The van der Waals surface area contributed by atoms with Crippen LogP contribution in [0.25, 0.3) is 10.2 Å². The van der Waals surface area contributed by atoms with Crippen LogP contribution in [0.15, 0.2) is 45.4 Å². The van der Waals surface area contributed by atoms with Crippen molar-refractivity contribution in [2.24, 2.45) is 0 Å². The first-order chi connectivity index (χ1) is 15.3. The van der Waals surface area contributed by atoms with Gasteiger partial charge in [0.15, 0.2) is 5.82 Å². The standard InChI is InChI=1S/C22H21N5OS3/c1-2-6-13(7-3-1)29-12-17-23-20-18(14-8-4-10-16(14)30-20)21(24-17)31-22-25-19(26-27-22)15-9-5-11-28-15/h1-3,6-7,15H,4-5,8-12H2,(H,25,26,27). The van der Waals surface area contributed by atoms with E-state index in [4.69, 9.17) is 19.7 Å². The van der Waals surface area contributed by atoms with Crippen molar-refractivity contribution < 1.29 is 4.74 Å². The van der Waals surface area contributed by atoms with E-state index in [1.807, 2.05) is 17.4 Å². The molecule has 1 aliphatic heterocycles. The number of rotatable bonds is 6. The predicted octanol–water partition coefficient (Wildman–Crippen LogP) is 5.59. The molecule has 9 heteroatoms. The SMILES string of the molecule is c1ccc(SCc2nc(Sc3n[nH]c(C4CCCO4)n3)c3c4c(sc3n2)CCC4)cc1. The number of H-pyrrole nitrogens is 1. The second-order valence-electron chi connectivity index (χ2n) is 7.69. The second kappa shape index (κ2) is 8.54. The maximum absolute atomic E-state index is 5.74. The average Bonchev–Trinajstić information content (AvgIpc) is 3.56. The van der Waals surface area contributed by atoms with Crippen molar-refractivity contribution in [1.82, 2.24) is 25.1 Å². The zero-order valence-corrected chi connectivity index (χ0v) is 19.3. The summed E-state index contributed by atoms with van der Waals surface area (Å²) in [5, 5.41) is 10.4. The van der Waals surface area contributed by atoms with Crippen molar-refractivity contribution in [1.29, 1.82) is 0 Å². The normalized spacial score (nSPS) is 18.1. The summed E-state index contributed by atoms with van der Waals surface area (Å²) in [6.07, 6.45) is 5.59.